The quantitative estimate of drug-likeness (QED) is 0.202. The van der Waals surface area contributed by atoms with Crippen molar-refractivity contribution in [1.82, 2.24) is 0 Å². The summed E-state index contributed by atoms with van der Waals surface area (Å²) in [6, 6.07) is 30.9. The van der Waals surface area contributed by atoms with Crippen LogP contribution in [0.15, 0.2) is 106 Å². The van der Waals surface area contributed by atoms with Crippen molar-refractivity contribution in [1.29, 1.82) is 0 Å². The minimum atomic E-state index is -0.463. The fraction of sp³-hybridized carbons (Fsp3) is 0.0714. The molecule has 0 aliphatic heterocycles. The third-order valence-electron chi connectivity index (χ3n) is 5.51. The van der Waals surface area contributed by atoms with Gasteiger partial charge in [0.15, 0.2) is 0 Å². The number of fused-ring (bicyclic) bond motifs is 3. The smallest absolute Gasteiger partial charge is 0.336 e. The van der Waals surface area contributed by atoms with E-state index in [1.165, 1.54) is 6.07 Å². The third-order valence-corrected chi connectivity index (χ3v) is 5.51. The fourth-order valence-electron chi connectivity index (χ4n) is 3.96. The van der Waals surface area contributed by atoms with Crippen LogP contribution in [0.4, 0.5) is 0 Å². The maximum atomic E-state index is 12.5. The Labute approximate surface area is 184 Å². The van der Waals surface area contributed by atoms with E-state index in [4.69, 9.17) is 9.15 Å². The van der Waals surface area contributed by atoms with Gasteiger partial charge in [-0.3, -0.25) is 4.79 Å². The molecule has 0 amide bonds. The highest BCUT2D eigenvalue weighted by atomic mass is 16.5. The van der Waals surface area contributed by atoms with Gasteiger partial charge in [0.1, 0.15) is 12.2 Å². The molecule has 0 aliphatic rings. The molecule has 0 N–H and O–H groups in total. The van der Waals surface area contributed by atoms with Crippen LogP contribution in [0.3, 0.4) is 0 Å². The number of benzene rings is 4. The monoisotopic (exact) mass is 420 g/mol. The van der Waals surface area contributed by atoms with Gasteiger partial charge in [0.25, 0.3) is 0 Å². The van der Waals surface area contributed by atoms with Crippen molar-refractivity contribution in [2.45, 2.75) is 13.0 Å². The Morgan fingerprint density at radius 1 is 0.781 bits per heavy atom. The van der Waals surface area contributed by atoms with Gasteiger partial charge in [-0.05, 0) is 33.5 Å². The summed E-state index contributed by atoms with van der Waals surface area (Å²) >= 11 is 0. The predicted octanol–water partition coefficient (Wildman–Crippen LogP) is 5.90. The largest absolute Gasteiger partial charge is 0.461 e. The molecule has 0 atom stereocenters. The number of esters is 1. The molecule has 0 aliphatic carbocycles. The molecule has 0 fully saturated rings. The van der Waals surface area contributed by atoms with E-state index in [1.807, 2.05) is 84.9 Å². The molecule has 4 aromatic carbocycles. The maximum Gasteiger partial charge on any atom is 0.336 e. The average Bonchev–Trinajstić information content (AvgIpc) is 2.83. The van der Waals surface area contributed by atoms with Crippen LogP contribution in [-0.2, 0) is 22.6 Å². The summed E-state index contributed by atoms with van der Waals surface area (Å²) in [5, 5.41) is 2.78. The van der Waals surface area contributed by atoms with E-state index in [0.29, 0.717) is 11.1 Å². The molecule has 4 nitrogen and oxygen atoms in total. The van der Waals surface area contributed by atoms with Crippen molar-refractivity contribution in [3.63, 3.8) is 0 Å². The third kappa shape index (κ3) is 4.03. The molecule has 156 valence electrons. The first-order valence-electron chi connectivity index (χ1n) is 10.4. The lowest BCUT2D eigenvalue weighted by molar-refractivity contribution is -0.144. The van der Waals surface area contributed by atoms with Gasteiger partial charge in [0.05, 0.1) is 6.42 Å². The molecule has 0 radical (unpaired) electrons. The Morgan fingerprint density at radius 2 is 1.50 bits per heavy atom. The van der Waals surface area contributed by atoms with E-state index < -0.39 is 5.63 Å². The van der Waals surface area contributed by atoms with Crippen molar-refractivity contribution < 1.29 is 13.9 Å². The van der Waals surface area contributed by atoms with E-state index in [-0.39, 0.29) is 19.0 Å². The molecular weight excluding hydrogens is 400 g/mol. The van der Waals surface area contributed by atoms with Crippen molar-refractivity contribution in [3.05, 3.63) is 119 Å². The number of ether oxygens (including phenoxy) is 1. The minimum Gasteiger partial charge on any atom is -0.461 e. The van der Waals surface area contributed by atoms with Crippen molar-refractivity contribution in [2.75, 3.05) is 0 Å². The van der Waals surface area contributed by atoms with E-state index in [0.717, 1.165) is 32.8 Å². The standard InChI is InChI=1S/C28H20O4/c29-26(16-19-10-12-21(13-11-19)20-6-2-1-3-7-20)31-18-23-17-27(30)32-25-15-14-22-8-4-5-9-24(22)28(23)25/h1-15,17H,16,18H2. The van der Waals surface area contributed by atoms with Gasteiger partial charge >= 0.3 is 11.6 Å². The van der Waals surface area contributed by atoms with Gasteiger partial charge in [-0.15, -0.1) is 0 Å². The van der Waals surface area contributed by atoms with Crippen molar-refractivity contribution in [3.8, 4) is 11.1 Å². The van der Waals surface area contributed by atoms with E-state index in [9.17, 15) is 9.59 Å². The molecule has 5 aromatic rings. The molecule has 0 unspecified atom stereocenters. The molecule has 1 heterocycles. The van der Waals surface area contributed by atoms with Crippen molar-refractivity contribution in [2.24, 2.45) is 0 Å². The zero-order chi connectivity index (χ0) is 21.9. The molecule has 0 bridgehead atoms. The van der Waals surface area contributed by atoms with Gasteiger partial charge in [0, 0.05) is 17.0 Å². The zero-order valence-corrected chi connectivity index (χ0v) is 17.3. The lowest BCUT2D eigenvalue weighted by Gasteiger charge is -2.10. The lowest BCUT2D eigenvalue weighted by Crippen LogP contribution is -2.10. The summed E-state index contributed by atoms with van der Waals surface area (Å²) in [4.78, 5) is 24.5. The number of carbonyl (C=O) groups is 1. The average molecular weight is 420 g/mol. The molecule has 0 spiro atoms. The molecule has 1 aromatic heterocycles. The number of rotatable bonds is 5. The molecule has 0 saturated carbocycles. The van der Waals surface area contributed by atoms with Gasteiger partial charge < -0.3 is 9.15 Å². The first-order chi connectivity index (χ1) is 15.7. The summed E-state index contributed by atoms with van der Waals surface area (Å²) in [5.41, 5.74) is 3.76. The Balaban J connectivity index is 1.34. The molecule has 5 rings (SSSR count). The normalized spacial score (nSPS) is 11.0. The maximum absolute atomic E-state index is 12.5. The summed E-state index contributed by atoms with van der Waals surface area (Å²) in [6.45, 7) is 0.0110. The van der Waals surface area contributed by atoms with Crippen LogP contribution in [0.5, 0.6) is 0 Å². The minimum absolute atomic E-state index is 0.0110. The molecular formula is C28H20O4. The van der Waals surface area contributed by atoms with Crippen LogP contribution in [-0.4, -0.2) is 5.97 Å². The molecule has 0 saturated heterocycles. The second-order valence-electron chi connectivity index (χ2n) is 7.65. The second-order valence-corrected chi connectivity index (χ2v) is 7.65. The summed E-state index contributed by atoms with van der Waals surface area (Å²) in [7, 11) is 0. The number of carbonyl (C=O) groups excluding carboxylic acids is 1. The summed E-state index contributed by atoms with van der Waals surface area (Å²) in [5.74, 6) is -0.348. The van der Waals surface area contributed by atoms with Gasteiger partial charge in [0.2, 0.25) is 0 Å². The van der Waals surface area contributed by atoms with Crippen LogP contribution < -0.4 is 5.63 Å². The van der Waals surface area contributed by atoms with E-state index in [2.05, 4.69) is 0 Å². The van der Waals surface area contributed by atoms with Crippen LogP contribution in [0, 0.1) is 0 Å². The Bertz CT molecular complexity index is 1470. The van der Waals surface area contributed by atoms with Crippen molar-refractivity contribution >= 4 is 27.7 Å². The Morgan fingerprint density at radius 3 is 2.31 bits per heavy atom. The Hall–Kier alpha value is -4.18. The highest BCUT2D eigenvalue weighted by molar-refractivity contribution is 6.07. The fourth-order valence-corrected chi connectivity index (χ4v) is 3.96. The van der Waals surface area contributed by atoms with Crippen LogP contribution in [0.2, 0.25) is 0 Å². The van der Waals surface area contributed by atoms with Gasteiger partial charge in [-0.2, -0.15) is 0 Å². The van der Waals surface area contributed by atoms with Gasteiger partial charge in [-0.25, -0.2) is 4.79 Å². The summed E-state index contributed by atoms with van der Waals surface area (Å²) in [6.07, 6.45) is 0.162. The number of hydrogen-bond donors (Lipinski definition) is 0. The first kappa shape index (κ1) is 19.8. The highest BCUT2D eigenvalue weighted by Gasteiger charge is 2.12. The summed E-state index contributed by atoms with van der Waals surface area (Å²) < 4.78 is 10.9. The molecule has 4 heteroatoms. The zero-order valence-electron chi connectivity index (χ0n) is 17.3. The molecule has 32 heavy (non-hydrogen) atoms. The van der Waals surface area contributed by atoms with Crippen LogP contribution in [0.25, 0.3) is 32.9 Å². The first-order valence-corrected chi connectivity index (χ1v) is 10.4. The van der Waals surface area contributed by atoms with Crippen LogP contribution in [0.1, 0.15) is 11.1 Å². The number of hydrogen-bond acceptors (Lipinski definition) is 4. The van der Waals surface area contributed by atoms with Crippen LogP contribution >= 0.6 is 0 Å². The highest BCUT2D eigenvalue weighted by Crippen LogP contribution is 2.28. The second kappa shape index (κ2) is 8.52. The SMILES string of the molecule is O=C(Cc1ccc(-c2ccccc2)cc1)OCc1cc(=O)oc2ccc3ccccc3c12. The lowest BCUT2D eigenvalue weighted by atomic mass is 10.0. The van der Waals surface area contributed by atoms with E-state index in [1.54, 1.807) is 6.07 Å². The Kier molecular flexibility index (Phi) is 5.26. The van der Waals surface area contributed by atoms with E-state index >= 15 is 0 Å². The topological polar surface area (TPSA) is 56.5 Å². The predicted molar refractivity (Wildman–Crippen MR) is 125 cm³/mol. The van der Waals surface area contributed by atoms with Gasteiger partial charge in [-0.1, -0.05) is 84.9 Å².